The Kier molecular flexibility index (Phi) is 3.97. The lowest BCUT2D eigenvalue weighted by molar-refractivity contribution is -0.124. The number of carbonyl (C=O) groups is 1. The fourth-order valence-corrected chi connectivity index (χ4v) is 4.08. The third-order valence-corrected chi connectivity index (χ3v) is 5.91. The van der Waals surface area contributed by atoms with Crippen molar-refractivity contribution in [2.45, 2.75) is 72.4 Å². The lowest BCUT2D eigenvalue weighted by Crippen LogP contribution is -2.47. The molecule has 2 rings (SSSR count). The standard InChI is InChI=1S/C16H29NO2/c1-11(2)19-9-7-14(18)17-13-10-12-6-8-16(13,5)15(12,3)4/h11-13H,6-10H2,1-5H3,(H,17,18)/t12-,13+,16-/m1/s1. The maximum Gasteiger partial charge on any atom is 0.222 e. The van der Waals surface area contributed by atoms with E-state index in [2.05, 4.69) is 26.1 Å². The minimum Gasteiger partial charge on any atom is -0.378 e. The molecule has 19 heavy (non-hydrogen) atoms. The highest BCUT2D eigenvalue weighted by Crippen LogP contribution is 2.65. The van der Waals surface area contributed by atoms with Crippen LogP contribution in [-0.4, -0.2) is 24.7 Å². The average Bonchev–Trinajstić information content (AvgIpc) is 2.61. The number of rotatable bonds is 5. The summed E-state index contributed by atoms with van der Waals surface area (Å²) in [5.41, 5.74) is 0.631. The summed E-state index contributed by atoms with van der Waals surface area (Å²) in [6.07, 6.45) is 4.41. The average molecular weight is 267 g/mol. The molecule has 0 aromatic rings. The topological polar surface area (TPSA) is 38.3 Å². The van der Waals surface area contributed by atoms with E-state index >= 15 is 0 Å². The first-order valence-corrected chi connectivity index (χ1v) is 7.68. The van der Waals surface area contributed by atoms with Gasteiger partial charge in [0.15, 0.2) is 0 Å². The fourth-order valence-electron chi connectivity index (χ4n) is 4.08. The van der Waals surface area contributed by atoms with Crippen LogP contribution in [0.25, 0.3) is 0 Å². The highest BCUT2D eigenvalue weighted by molar-refractivity contribution is 5.76. The van der Waals surface area contributed by atoms with Gasteiger partial charge in [-0.1, -0.05) is 20.8 Å². The van der Waals surface area contributed by atoms with E-state index in [0.717, 1.165) is 12.3 Å². The Morgan fingerprint density at radius 2 is 2.05 bits per heavy atom. The van der Waals surface area contributed by atoms with E-state index in [4.69, 9.17) is 4.74 Å². The van der Waals surface area contributed by atoms with Crippen molar-refractivity contribution in [2.75, 3.05) is 6.61 Å². The van der Waals surface area contributed by atoms with E-state index in [1.165, 1.54) is 12.8 Å². The van der Waals surface area contributed by atoms with Crippen LogP contribution >= 0.6 is 0 Å². The zero-order valence-corrected chi connectivity index (χ0v) is 13.1. The van der Waals surface area contributed by atoms with Crippen LogP contribution in [0.3, 0.4) is 0 Å². The van der Waals surface area contributed by atoms with Gasteiger partial charge in [-0.25, -0.2) is 0 Å². The molecule has 3 atom stereocenters. The largest absolute Gasteiger partial charge is 0.378 e. The van der Waals surface area contributed by atoms with Crippen molar-refractivity contribution in [3.05, 3.63) is 0 Å². The van der Waals surface area contributed by atoms with E-state index in [-0.39, 0.29) is 17.4 Å². The molecular formula is C16H29NO2. The maximum absolute atomic E-state index is 12.0. The smallest absolute Gasteiger partial charge is 0.222 e. The molecule has 0 aliphatic heterocycles. The zero-order chi connectivity index (χ0) is 14.3. The van der Waals surface area contributed by atoms with Gasteiger partial charge in [0, 0.05) is 12.5 Å². The van der Waals surface area contributed by atoms with Crippen molar-refractivity contribution in [1.82, 2.24) is 5.32 Å². The van der Waals surface area contributed by atoms with Crippen molar-refractivity contribution in [2.24, 2.45) is 16.7 Å². The third kappa shape index (κ3) is 2.54. The summed E-state index contributed by atoms with van der Waals surface area (Å²) in [7, 11) is 0. The number of carbonyl (C=O) groups excluding carboxylic acids is 1. The molecule has 0 aromatic carbocycles. The number of ether oxygens (including phenoxy) is 1. The lowest BCUT2D eigenvalue weighted by atomic mass is 9.69. The summed E-state index contributed by atoms with van der Waals surface area (Å²) in [6, 6.07) is 0.354. The highest BCUT2D eigenvalue weighted by atomic mass is 16.5. The lowest BCUT2D eigenvalue weighted by Gasteiger charge is -2.39. The van der Waals surface area contributed by atoms with Crippen LogP contribution in [0.2, 0.25) is 0 Å². The molecule has 0 unspecified atom stereocenters. The molecule has 2 aliphatic carbocycles. The summed E-state index contributed by atoms with van der Waals surface area (Å²) in [5.74, 6) is 0.921. The van der Waals surface area contributed by atoms with E-state index in [1.54, 1.807) is 0 Å². The van der Waals surface area contributed by atoms with Crippen LogP contribution < -0.4 is 5.32 Å². The number of fused-ring (bicyclic) bond motifs is 2. The summed E-state index contributed by atoms with van der Waals surface area (Å²) >= 11 is 0. The first-order valence-electron chi connectivity index (χ1n) is 7.68. The van der Waals surface area contributed by atoms with Gasteiger partial charge >= 0.3 is 0 Å². The van der Waals surface area contributed by atoms with Crippen molar-refractivity contribution < 1.29 is 9.53 Å². The van der Waals surface area contributed by atoms with Crippen molar-refractivity contribution >= 4 is 5.91 Å². The summed E-state index contributed by atoms with van der Waals surface area (Å²) < 4.78 is 5.44. The van der Waals surface area contributed by atoms with E-state index in [9.17, 15) is 4.79 Å². The quantitative estimate of drug-likeness (QED) is 0.831. The number of nitrogens with one attached hydrogen (secondary N) is 1. The van der Waals surface area contributed by atoms with Crippen molar-refractivity contribution in [3.8, 4) is 0 Å². The van der Waals surface area contributed by atoms with Crippen LogP contribution in [0.4, 0.5) is 0 Å². The Labute approximate surface area is 117 Å². The molecule has 0 spiro atoms. The Morgan fingerprint density at radius 3 is 2.53 bits per heavy atom. The summed E-state index contributed by atoms with van der Waals surface area (Å²) in [6.45, 7) is 11.6. The molecule has 110 valence electrons. The van der Waals surface area contributed by atoms with Gasteiger partial charge in [0.1, 0.15) is 0 Å². The molecule has 1 N–H and O–H groups in total. The zero-order valence-electron chi connectivity index (χ0n) is 13.1. The van der Waals surface area contributed by atoms with E-state index in [0.29, 0.717) is 24.5 Å². The van der Waals surface area contributed by atoms with Gasteiger partial charge < -0.3 is 10.1 Å². The van der Waals surface area contributed by atoms with Gasteiger partial charge in [0.25, 0.3) is 0 Å². The van der Waals surface area contributed by atoms with Crippen LogP contribution in [0.5, 0.6) is 0 Å². The molecule has 3 heteroatoms. The molecule has 0 saturated heterocycles. The van der Waals surface area contributed by atoms with Gasteiger partial charge in [-0.15, -0.1) is 0 Å². The number of hydrogen-bond donors (Lipinski definition) is 1. The van der Waals surface area contributed by atoms with E-state index < -0.39 is 0 Å². The van der Waals surface area contributed by atoms with E-state index in [1.807, 2.05) is 13.8 Å². The molecule has 2 fully saturated rings. The molecule has 3 nitrogen and oxygen atoms in total. The van der Waals surface area contributed by atoms with Crippen LogP contribution in [0.15, 0.2) is 0 Å². The predicted octanol–water partition coefficient (Wildman–Crippen LogP) is 3.13. The Balaban J connectivity index is 1.86. The first-order chi connectivity index (χ1) is 8.77. The van der Waals surface area contributed by atoms with Gasteiger partial charge in [-0.2, -0.15) is 0 Å². The van der Waals surface area contributed by atoms with Crippen molar-refractivity contribution in [1.29, 1.82) is 0 Å². The number of hydrogen-bond acceptors (Lipinski definition) is 2. The summed E-state index contributed by atoms with van der Waals surface area (Å²) in [4.78, 5) is 12.0. The molecule has 2 bridgehead atoms. The minimum absolute atomic E-state index is 0.148. The Hall–Kier alpha value is -0.570. The molecule has 1 amide bonds. The monoisotopic (exact) mass is 267 g/mol. The Morgan fingerprint density at radius 1 is 1.37 bits per heavy atom. The summed E-state index contributed by atoms with van der Waals surface area (Å²) in [5, 5.41) is 3.26. The third-order valence-electron chi connectivity index (χ3n) is 5.91. The molecule has 0 radical (unpaired) electrons. The van der Waals surface area contributed by atoms with Gasteiger partial charge in [0.05, 0.1) is 12.7 Å². The molecular weight excluding hydrogens is 238 g/mol. The Bertz CT molecular complexity index is 351. The van der Waals surface area contributed by atoms with Crippen LogP contribution in [-0.2, 0) is 9.53 Å². The molecule has 2 aliphatic rings. The fraction of sp³-hybridized carbons (Fsp3) is 0.938. The van der Waals surface area contributed by atoms with Crippen molar-refractivity contribution in [3.63, 3.8) is 0 Å². The highest BCUT2D eigenvalue weighted by Gasteiger charge is 2.61. The van der Waals surface area contributed by atoms with Crippen LogP contribution in [0, 0.1) is 16.7 Å². The SMILES string of the molecule is CC(C)OCCC(=O)N[C@H]1C[C@H]2CC[C@@]1(C)C2(C)C. The molecule has 2 saturated carbocycles. The predicted molar refractivity (Wildman–Crippen MR) is 76.9 cm³/mol. The normalized spacial score (nSPS) is 35.9. The first kappa shape index (κ1) is 14.8. The van der Waals surface area contributed by atoms with Gasteiger partial charge in [0.2, 0.25) is 5.91 Å². The van der Waals surface area contributed by atoms with Crippen LogP contribution in [0.1, 0.15) is 60.3 Å². The minimum atomic E-state index is 0.148. The molecule has 0 aromatic heterocycles. The molecule has 0 heterocycles. The second-order valence-corrected chi connectivity index (χ2v) is 7.40. The van der Waals surface area contributed by atoms with Gasteiger partial charge in [-0.3, -0.25) is 4.79 Å². The second kappa shape index (κ2) is 5.08. The number of amides is 1. The van der Waals surface area contributed by atoms with Gasteiger partial charge in [-0.05, 0) is 49.9 Å². The second-order valence-electron chi connectivity index (χ2n) is 7.40. The maximum atomic E-state index is 12.0.